The van der Waals surface area contributed by atoms with Crippen LogP contribution in [0.15, 0.2) is 24.3 Å². The first-order valence-corrected chi connectivity index (χ1v) is 7.25. The first kappa shape index (κ1) is 13.7. The lowest BCUT2D eigenvalue weighted by atomic mass is 9.88. The van der Waals surface area contributed by atoms with Gasteiger partial charge in [-0.3, -0.25) is 0 Å². The van der Waals surface area contributed by atoms with Crippen molar-refractivity contribution >= 4 is 17.3 Å². The number of anilines is 1. The first-order chi connectivity index (χ1) is 8.77. The Morgan fingerprint density at radius 2 is 2.06 bits per heavy atom. The molecule has 18 heavy (non-hydrogen) atoms. The Morgan fingerprint density at radius 3 is 2.83 bits per heavy atom. The van der Waals surface area contributed by atoms with Gasteiger partial charge in [-0.1, -0.05) is 43.5 Å². The van der Waals surface area contributed by atoms with Crippen molar-refractivity contribution < 1.29 is 4.74 Å². The van der Waals surface area contributed by atoms with E-state index in [1.54, 1.807) is 0 Å². The molecule has 0 radical (unpaired) electrons. The Morgan fingerprint density at radius 1 is 1.28 bits per heavy atom. The number of halogens is 1. The summed E-state index contributed by atoms with van der Waals surface area (Å²) in [5.41, 5.74) is 0.986. The van der Waals surface area contributed by atoms with Crippen LogP contribution in [0, 0.1) is 5.92 Å². The van der Waals surface area contributed by atoms with Crippen molar-refractivity contribution in [1.29, 1.82) is 0 Å². The van der Waals surface area contributed by atoms with Crippen molar-refractivity contribution in [2.24, 2.45) is 5.92 Å². The van der Waals surface area contributed by atoms with E-state index in [0.29, 0.717) is 12.0 Å². The molecule has 0 aliphatic heterocycles. The molecule has 0 heterocycles. The SMILES string of the molecule is CC1CCCCC1OCCNc1ccccc1Cl. The van der Waals surface area contributed by atoms with Crippen LogP contribution >= 0.6 is 11.6 Å². The highest BCUT2D eigenvalue weighted by Gasteiger charge is 2.21. The molecule has 2 rings (SSSR count). The second-order valence-electron chi connectivity index (χ2n) is 5.08. The Labute approximate surface area is 115 Å². The summed E-state index contributed by atoms with van der Waals surface area (Å²) in [6.45, 7) is 3.86. The molecule has 1 N–H and O–H groups in total. The van der Waals surface area contributed by atoms with E-state index in [9.17, 15) is 0 Å². The van der Waals surface area contributed by atoms with E-state index in [0.717, 1.165) is 23.9 Å². The highest BCUT2D eigenvalue weighted by Crippen LogP contribution is 2.26. The molecule has 1 fully saturated rings. The summed E-state index contributed by atoms with van der Waals surface area (Å²) in [6.07, 6.45) is 5.65. The highest BCUT2D eigenvalue weighted by atomic mass is 35.5. The lowest BCUT2D eigenvalue weighted by Gasteiger charge is -2.28. The topological polar surface area (TPSA) is 21.3 Å². The smallest absolute Gasteiger partial charge is 0.0642 e. The van der Waals surface area contributed by atoms with Crippen LogP contribution in [-0.2, 0) is 4.74 Å². The normalized spacial score (nSPS) is 23.9. The summed E-state index contributed by atoms with van der Waals surface area (Å²) in [7, 11) is 0. The minimum atomic E-state index is 0.451. The number of hydrogen-bond donors (Lipinski definition) is 1. The molecule has 100 valence electrons. The van der Waals surface area contributed by atoms with Gasteiger partial charge < -0.3 is 10.1 Å². The van der Waals surface area contributed by atoms with Crippen LogP contribution in [-0.4, -0.2) is 19.3 Å². The van der Waals surface area contributed by atoms with Gasteiger partial charge in [-0.15, -0.1) is 0 Å². The number of ether oxygens (including phenoxy) is 1. The fourth-order valence-corrected chi connectivity index (χ4v) is 2.73. The second kappa shape index (κ2) is 7.01. The highest BCUT2D eigenvalue weighted by molar-refractivity contribution is 6.33. The van der Waals surface area contributed by atoms with E-state index in [-0.39, 0.29) is 0 Å². The number of nitrogens with one attached hydrogen (secondary N) is 1. The van der Waals surface area contributed by atoms with Crippen LogP contribution in [0.1, 0.15) is 32.6 Å². The molecule has 2 unspecified atom stereocenters. The number of para-hydroxylation sites is 1. The molecule has 2 nitrogen and oxygen atoms in total. The minimum absolute atomic E-state index is 0.451. The summed E-state index contributed by atoms with van der Waals surface area (Å²) < 4.78 is 5.95. The molecular formula is C15H22ClNO. The quantitative estimate of drug-likeness (QED) is 0.801. The second-order valence-corrected chi connectivity index (χ2v) is 5.48. The molecule has 0 saturated heterocycles. The molecule has 0 bridgehead atoms. The molecule has 3 heteroatoms. The van der Waals surface area contributed by atoms with Gasteiger partial charge in [-0.25, -0.2) is 0 Å². The van der Waals surface area contributed by atoms with Crippen LogP contribution in [0.2, 0.25) is 5.02 Å². The Kier molecular flexibility index (Phi) is 5.33. The molecule has 1 saturated carbocycles. The maximum absolute atomic E-state index is 6.07. The van der Waals surface area contributed by atoms with Crippen LogP contribution in [0.5, 0.6) is 0 Å². The third kappa shape index (κ3) is 3.89. The maximum atomic E-state index is 6.07. The van der Waals surface area contributed by atoms with E-state index in [1.165, 1.54) is 25.7 Å². The lowest BCUT2D eigenvalue weighted by Crippen LogP contribution is -2.27. The zero-order chi connectivity index (χ0) is 12.8. The van der Waals surface area contributed by atoms with Crippen molar-refractivity contribution in [2.75, 3.05) is 18.5 Å². The third-order valence-electron chi connectivity index (χ3n) is 3.66. The molecule has 1 aromatic carbocycles. The average Bonchev–Trinajstić information content (AvgIpc) is 2.38. The third-order valence-corrected chi connectivity index (χ3v) is 3.99. The molecule has 0 spiro atoms. The Hall–Kier alpha value is -0.730. The van der Waals surface area contributed by atoms with Crippen molar-refractivity contribution in [3.05, 3.63) is 29.3 Å². The van der Waals surface area contributed by atoms with E-state index >= 15 is 0 Å². The van der Waals surface area contributed by atoms with Gasteiger partial charge in [-0.2, -0.15) is 0 Å². The number of hydrogen-bond acceptors (Lipinski definition) is 2. The van der Waals surface area contributed by atoms with Gasteiger partial charge in [0.1, 0.15) is 0 Å². The predicted octanol–water partition coefficient (Wildman–Crippen LogP) is 4.35. The van der Waals surface area contributed by atoms with Crippen molar-refractivity contribution in [2.45, 2.75) is 38.7 Å². The van der Waals surface area contributed by atoms with Crippen molar-refractivity contribution in [1.82, 2.24) is 0 Å². The molecule has 0 aromatic heterocycles. The van der Waals surface area contributed by atoms with Gasteiger partial charge in [0.25, 0.3) is 0 Å². The minimum Gasteiger partial charge on any atom is -0.382 e. The summed E-state index contributed by atoms with van der Waals surface area (Å²) in [6, 6.07) is 7.81. The number of rotatable bonds is 5. The molecule has 1 aliphatic carbocycles. The summed E-state index contributed by atoms with van der Waals surface area (Å²) in [5.74, 6) is 0.707. The van der Waals surface area contributed by atoms with E-state index in [4.69, 9.17) is 16.3 Å². The van der Waals surface area contributed by atoms with E-state index in [2.05, 4.69) is 12.2 Å². The zero-order valence-electron chi connectivity index (χ0n) is 11.0. The van der Waals surface area contributed by atoms with Gasteiger partial charge in [-0.05, 0) is 30.9 Å². The van der Waals surface area contributed by atoms with Gasteiger partial charge >= 0.3 is 0 Å². The molecule has 1 aliphatic rings. The first-order valence-electron chi connectivity index (χ1n) is 6.87. The standard InChI is InChI=1S/C15H22ClNO/c1-12-6-2-5-9-15(12)18-11-10-17-14-8-4-3-7-13(14)16/h3-4,7-8,12,15,17H,2,5-6,9-11H2,1H3. The monoisotopic (exact) mass is 267 g/mol. The van der Waals surface area contributed by atoms with Crippen LogP contribution in [0.4, 0.5) is 5.69 Å². The zero-order valence-corrected chi connectivity index (χ0v) is 11.7. The summed E-state index contributed by atoms with van der Waals surface area (Å²) >= 11 is 6.07. The van der Waals surface area contributed by atoms with Gasteiger partial charge in [0.05, 0.1) is 23.4 Å². The Balaban J connectivity index is 1.68. The van der Waals surface area contributed by atoms with Gasteiger partial charge in [0.2, 0.25) is 0 Å². The fourth-order valence-electron chi connectivity index (χ4n) is 2.53. The summed E-state index contributed by atoms with van der Waals surface area (Å²) in [4.78, 5) is 0. The van der Waals surface area contributed by atoms with Crippen molar-refractivity contribution in [3.63, 3.8) is 0 Å². The predicted molar refractivity (Wildman–Crippen MR) is 77.3 cm³/mol. The van der Waals surface area contributed by atoms with E-state index in [1.807, 2.05) is 24.3 Å². The molecule has 0 amide bonds. The molecular weight excluding hydrogens is 246 g/mol. The van der Waals surface area contributed by atoms with Crippen LogP contribution in [0.25, 0.3) is 0 Å². The van der Waals surface area contributed by atoms with E-state index < -0.39 is 0 Å². The number of benzene rings is 1. The molecule has 2 atom stereocenters. The average molecular weight is 268 g/mol. The summed E-state index contributed by atoms with van der Waals surface area (Å²) in [5, 5.41) is 4.08. The van der Waals surface area contributed by atoms with Crippen LogP contribution < -0.4 is 5.32 Å². The maximum Gasteiger partial charge on any atom is 0.0642 e. The Bertz CT molecular complexity index is 369. The van der Waals surface area contributed by atoms with Crippen molar-refractivity contribution in [3.8, 4) is 0 Å². The largest absolute Gasteiger partial charge is 0.382 e. The lowest BCUT2D eigenvalue weighted by molar-refractivity contribution is 0.000394. The van der Waals surface area contributed by atoms with Gasteiger partial charge in [0, 0.05) is 6.54 Å². The van der Waals surface area contributed by atoms with Crippen LogP contribution in [0.3, 0.4) is 0 Å². The fraction of sp³-hybridized carbons (Fsp3) is 0.600. The molecule has 1 aromatic rings. The van der Waals surface area contributed by atoms with Gasteiger partial charge in [0.15, 0.2) is 0 Å².